The van der Waals surface area contributed by atoms with Crippen LogP contribution >= 0.6 is 0 Å². The number of nitrogens with one attached hydrogen (secondary N) is 3. The Kier molecular flexibility index (Phi) is 11.5. The van der Waals surface area contributed by atoms with E-state index in [1.54, 1.807) is 38.1 Å². The number of carbonyl (C=O) groups is 3. The fraction of sp³-hybridized carbons (Fsp3) is 0.545. The lowest BCUT2D eigenvalue weighted by atomic mass is 9.99. The van der Waals surface area contributed by atoms with Crippen LogP contribution in [0.25, 0.3) is 0 Å². The quantitative estimate of drug-likeness (QED) is 0.309. The van der Waals surface area contributed by atoms with E-state index in [0.29, 0.717) is 18.4 Å². The van der Waals surface area contributed by atoms with Gasteiger partial charge in [-0.1, -0.05) is 39.3 Å². The van der Waals surface area contributed by atoms with Gasteiger partial charge in [0.15, 0.2) is 0 Å². The largest absolute Gasteiger partial charge is 0.351 e. The number of nitriles is 1. The van der Waals surface area contributed by atoms with Crippen LogP contribution < -0.4 is 21.1 Å². The summed E-state index contributed by atoms with van der Waals surface area (Å²) in [7, 11) is -2.31. The van der Waals surface area contributed by atoms with E-state index < -0.39 is 40.0 Å². The van der Waals surface area contributed by atoms with E-state index in [4.69, 9.17) is 11.0 Å². The molecule has 1 rings (SSSR count). The minimum Gasteiger partial charge on any atom is -0.351 e. The summed E-state index contributed by atoms with van der Waals surface area (Å²) in [5.74, 6) is -1.73. The number of hydrogen-bond donors (Lipinski definition) is 4. The molecule has 188 valence electrons. The fourth-order valence-electron chi connectivity index (χ4n) is 3.01. The number of nitrogens with zero attached hydrogens (tertiary/aromatic N) is 2. The Morgan fingerprint density at radius 3 is 2.26 bits per heavy atom. The van der Waals surface area contributed by atoms with Gasteiger partial charge in [-0.05, 0) is 30.0 Å². The first kappa shape index (κ1) is 28.9. The van der Waals surface area contributed by atoms with Gasteiger partial charge in [-0.25, -0.2) is 17.9 Å². The van der Waals surface area contributed by atoms with Crippen molar-refractivity contribution in [3.8, 4) is 6.07 Å². The SMILES string of the molecule is CCCS(=O)(=O)N[C@@H](C(=O)N[C@@H](CN(C)C(N)=O)C(=O)NCc1ccc(C#N)cc1)C(C)CC. The molecule has 0 aliphatic rings. The lowest BCUT2D eigenvalue weighted by Crippen LogP contribution is -2.58. The Morgan fingerprint density at radius 2 is 1.76 bits per heavy atom. The maximum atomic E-state index is 13.1. The number of nitrogens with two attached hydrogens (primary N) is 1. The van der Waals surface area contributed by atoms with Crippen molar-refractivity contribution in [2.75, 3.05) is 19.3 Å². The van der Waals surface area contributed by atoms with Gasteiger partial charge in [0.2, 0.25) is 21.8 Å². The Morgan fingerprint density at radius 1 is 1.15 bits per heavy atom. The molecule has 12 heteroatoms. The van der Waals surface area contributed by atoms with E-state index in [1.807, 2.05) is 13.0 Å². The number of sulfonamides is 1. The van der Waals surface area contributed by atoms with Crippen molar-refractivity contribution >= 4 is 27.9 Å². The van der Waals surface area contributed by atoms with Crippen molar-refractivity contribution in [2.24, 2.45) is 11.7 Å². The molecule has 1 unspecified atom stereocenters. The average molecular weight is 495 g/mol. The number of rotatable bonds is 13. The summed E-state index contributed by atoms with van der Waals surface area (Å²) in [5, 5.41) is 14.1. The van der Waals surface area contributed by atoms with Crippen LogP contribution in [0.5, 0.6) is 0 Å². The summed E-state index contributed by atoms with van der Waals surface area (Å²) in [6.07, 6.45) is 0.900. The standard InChI is InChI=1S/C22H34N6O5S/c1-5-11-34(32,33)27-19(15(3)6-2)21(30)26-18(14-28(4)22(24)31)20(29)25-13-17-9-7-16(12-23)8-10-17/h7-10,15,18-19,27H,5-6,11,13-14H2,1-4H3,(H2,24,31)(H,25,29)(H,26,30)/t15?,18-,19+/m0/s1. The zero-order valence-corrected chi connectivity index (χ0v) is 20.8. The van der Waals surface area contributed by atoms with Gasteiger partial charge in [0.05, 0.1) is 23.9 Å². The highest BCUT2D eigenvalue weighted by Crippen LogP contribution is 2.11. The van der Waals surface area contributed by atoms with E-state index in [9.17, 15) is 22.8 Å². The number of carbonyl (C=O) groups excluding carboxylic acids is 3. The van der Waals surface area contributed by atoms with Crippen LogP contribution in [-0.4, -0.2) is 62.6 Å². The topological polar surface area (TPSA) is 174 Å². The lowest BCUT2D eigenvalue weighted by Gasteiger charge is -2.28. The predicted octanol–water partition coefficient (Wildman–Crippen LogP) is 0.414. The maximum Gasteiger partial charge on any atom is 0.314 e. The van der Waals surface area contributed by atoms with Crippen LogP contribution in [0.4, 0.5) is 4.79 Å². The molecule has 34 heavy (non-hydrogen) atoms. The predicted molar refractivity (Wildman–Crippen MR) is 128 cm³/mol. The minimum absolute atomic E-state index is 0.120. The molecule has 0 spiro atoms. The molecule has 0 aliphatic heterocycles. The van der Waals surface area contributed by atoms with Gasteiger partial charge >= 0.3 is 6.03 Å². The molecule has 0 fully saturated rings. The van der Waals surface area contributed by atoms with Gasteiger partial charge < -0.3 is 21.3 Å². The van der Waals surface area contributed by atoms with Crippen molar-refractivity contribution in [2.45, 2.75) is 52.2 Å². The molecule has 3 atom stereocenters. The number of likely N-dealkylation sites (N-methyl/N-ethyl adjacent to an activating group) is 1. The normalized spacial score (nSPS) is 13.7. The van der Waals surface area contributed by atoms with Crippen LogP contribution in [-0.2, 0) is 26.2 Å². The van der Waals surface area contributed by atoms with E-state index in [0.717, 1.165) is 10.5 Å². The van der Waals surface area contributed by atoms with E-state index in [1.165, 1.54) is 7.05 Å². The Balaban J connectivity index is 3.03. The number of urea groups is 1. The van der Waals surface area contributed by atoms with Gasteiger partial charge in [0.25, 0.3) is 0 Å². The molecule has 5 N–H and O–H groups in total. The zero-order valence-electron chi connectivity index (χ0n) is 20.0. The third-order valence-corrected chi connectivity index (χ3v) is 6.85. The number of primary amides is 1. The maximum absolute atomic E-state index is 13.1. The van der Waals surface area contributed by atoms with Gasteiger partial charge in [0, 0.05) is 13.6 Å². The summed E-state index contributed by atoms with van der Waals surface area (Å²) in [6, 6.07) is 5.54. The van der Waals surface area contributed by atoms with Crippen molar-refractivity contribution in [1.82, 2.24) is 20.3 Å². The van der Waals surface area contributed by atoms with Gasteiger partial charge in [-0.3, -0.25) is 9.59 Å². The summed E-state index contributed by atoms with van der Waals surface area (Å²) in [4.78, 5) is 38.5. The van der Waals surface area contributed by atoms with Crippen LogP contribution in [0.15, 0.2) is 24.3 Å². The first-order chi connectivity index (χ1) is 15.9. The molecule has 11 nitrogen and oxygen atoms in total. The van der Waals surface area contributed by atoms with Crippen molar-refractivity contribution in [1.29, 1.82) is 5.26 Å². The van der Waals surface area contributed by atoms with Crippen LogP contribution in [0.3, 0.4) is 0 Å². The zero-order chi connectivity index (χ0) is 25.9. The first-order valence-electron chi connectivity index (χ1n) is 11.0. The second-order valence-electron chi connectivity index (χ2n) is 8.11. The van der Waals surface area contributed by atoms with Crippen LogP contribution in [0.2, 0.25) is 0 Å². The van der Waals surface area contributed by atoms with Crippen LogP contribution in [0.1, 0.15) is 44.7 Å². The smallest absolute Gasteiger partial charge is 0.314 e. The second kappa shape index (κ2) is 13.5. The third kappa shape index (κ3) is 9.36. The van der Waals surface area contributed by atoms with Gasteiger partial charge in [-0.2, -0.15) is 5.26 Å². The number of hydrogen-bond acceptors (Lipinski definition) is 6. The Hall–Kier alpha value is -3.17. The van der Waals surface area contributed by atoms with Gasteiger partial charge in [0.1, 0.15) is 12.1 Å². The van der Waals surface area contributed by atoms with Crippen molar-refractivity contribution < 1.29 is 22.8 Å². The minimum atomic E-state index is -3.69. The lowest BCUT2D eigenvalue weighted by molar-refractivity contribution is -0.130. The van der Waals surface area contributed by atoms with E-state index >= 15 is 0 Å². The van der Waals surface area contributed by atoms with Gasteiger partial charge in [-0.15, -0.1) is 0 Å². The highest BCUT2D eigenvalue weighted by molar-refractivity contribution is 7.89. The third-order valence-electron chi connectivity index (χ3n) is 5.29. The molecule has 1 aromatic rings. The Bertz CT molecular complexity index is 990. The molecule has 0 saturated heterocycles. The number of amides is 4. The molecule has 0 bridgehead atoms. The highest BCUT2D eigenvalue weighted by Gasteiger charge is 2.32. The first-order valence-corrected chi connectivity index (χ1v) is 12.7. The summed E-state index contributed by atoms with van der Waals surface area (Å²) >= 11 is 0. The molecule has 0 saturated carbocycles. The fourth-order valence-corrected chi connectivity index (χ4v) is 4.40. The van der Waals surface area contributed by atoms with E-state index in [2.05, 4.69) is 15.4 Å². The monoisotopic (exact) mass is 494 g/mol. The Labute approximate surface area is 201 Å². The highest BCUT2D eigenvalue weighted by atomic mass is 32.2. The number of benzene rings is 1. The van der Waals surface area contributed by atoms with Crippen LogP contribution in [0, 0.1) is 17.2 Å². The summed E-state index contributed by atoms with van der Waals surface area (Å²) in [5.41, 5.74) is 6.48. The molecule has 4 amide bonds. The summed E-state index contributed by atoms with van der Waals surface area (Å²) in [6.45, 7) is 5.17. The average Bonchev–Trinajstić information content (AvgIpc) is 2.80. The molecular weight excluding hydrogens is 460 g/mol. The molecular formula is C22H34N6O5S. The summed E-state index contributed by atoms with van der Waals surface area (Å²) < 4.78 is 27.0. The van der Waals surface area contributed by atoms with Crippen molar-refractivity contribution in [3.63, 3.8) is 0 Å². The second-order valence-corrected chi connectivity index (χ2v) is 9.98. The molecule has 0 aromatic heterocycles. The molecule has 0 radical (unpaired) electrons. The molecule has 0 heterocycles. The molecule has 0 aliphatic carbocycles. The van der Waals surface area contributed by atoms with Crippen molar-refractivity contribution in [3.05, 3.63) is 35.4 Å². The molecule has 1 aromatic carbocycles. The van der Waals surface area contributed by atoms with E-state index in [-0.39, 0.29) is 24.8 Å².